The summed E-state index contributed by atoms with van der Waals surface area (Å²) in [5, 5.41) is 8.50. The molecule has 0 saturated carbocycles. The summed E-state index contributed by atoms with van der Waals surface area (Å²) < 4.78 is 11.9. The summed E-state index contributed by atoms with van der Waals surface area (Å²) in [6.07, 6.45) is 0.0562. The van der Waals surface area contributed by atoms with Crippen molar-refractivity contribution in [1.82, 2.24) is 4.90 Å². The Balaban J connectivity index is 1.81. The highest BCUT2D eigenvalue weighted by Crippen LogP contribution is 2.24. The minimum absolute atomic E-state index is 0.0562. The molecule has 5 nitrogen and oxygen atoms in total. The van der Waals surface area contributed by atoms with Gasteiger partial charge in [-0.25, -0.2) is 4.79 Å². The fourth-order valence-corrected chi connectivity index (χ4v) is 2.58. The van der Waals surface area contributed by atoms with Crippen LogP contribution in [-0.2, 0) is 14.3 Å². The number of halogens is 1. The van der Waals surface area contributed by atoms with Gasteiger partial charge in [0, 0.05) is 24.1 Å². The SMILES string of the molecule is O=C(O)COCCN1CCOC(c2cccc(Br)c2)C1. The molecular formula is C14H18BrNO4. The quantitative estimate of drug-likeness (QED) is 0.799. The van der Waals surface area contributed by atoms with Crippen LogP contribution in [0, 0.1) is 0 Å². The lowest BCUT2D eigenvalue weighted by molar-refractivity contribution is -0.142. The van der Waals surface area contributed by atoms with E-state index in [2.05, 4.69) is 33.0 Å². The van der Waals surface area contributed by atoms with Crippen molar-refractivity contribution in [3.63, 3.8) is 0 Å². The molecule has 1 aliphatic heterocycles. The molecule has 1 unspecified atom stereocenters. The zero-order chi connectivity index (χ0) is 14.4. The number of ether oxygens (including phenoxy) is 2. The minimum atomic E-state index is -0.931. The van der Waals surface area contributed by atoms with Crippen molar-refractivity contribution in [2.75, 3.05) is 39.5 Å². The number of benzene rings is 1. The molecular weight excluding hydrogens is 326 g/mol. The van der Waals surface area contributed by atoms with Crippen LogP contribution in [-0.4, -0.2) is 55.4 Å². The Morgan fingerprint density at radius 3 is 3.15 bits per heavy atom. The second kappa shape index (κ2) is 7.73. The van der Waals surface area contributed by atoms with Crippen molar-refractivity contribution in [2.24, 2.45) is 0 Å². The molecule has 6 heteroatoms. The molecule has 0 bridgehead atoms. The molecule has 1 aromatic carbocycles. The van der Waals surface area contributed by atoms with Crippen LogP contribution in [0.1, 0.15) is 11.7 Å². The van der Waals surface area contributed by atoms with Crippen molar-refractivity contribution in [3.05, 3.63) is 34.3 Å². The van der Waals surface area contributed by atoms with Gasteiger partial charge in [-0.3, -0.25) is 4.90 Å². The molecule has 1 N–H and O–H groups in total. The maximum atomic E-state index is 10.4. The van der Waals surface area contributed by atoms with Gasteiger partial charge in [-0.2, -0.15) is 0 Å². The Morgan fingerprint density at radius 1 is 1.55 bits per heavy atom. The number of nitrogens with zero attached hydrogens (tertiary/aromatic N) is 1. The third-order valence-corrected chi connectivity index (χ3v) is 3.64. The first-order valence-corrected chi connectivity index (χ1v) is 7.33. The van der Waals surface area contributed by atoms with Gasteiger partial charge in [0.25, 0.3) is 0 Å². The molecule has 20 heavy (non-hydrogen) atoms. The van der Waals surface area contributed by atoms with Crippen LogP contribution in [0.2, 0.25) is 0 Å². The largest absolute Gasteiger partial charge is 0.480 e. The number of aliphatic carboxylic acids is 1. The number of carbonyl (C=O) groups is 1. The monoisotopic (exact) mass is 343 g/mol. The highest BCUT2D eigenvalue weighted by atomic mass is 79.9. The molecule has 0 radical (unpaired) electrons. The fraction of sp³-hybridized carbons (Fsp3) is 0.500. The van der Waals surface area contributed by atoms with E-state index in [4.69, 9.17) is 14.6 Å². The molecule has 0 spiro atoms. The van der Waals surface area contributed by atoms with Crippen molar-refractivity contribution in [1.29, 1.82) is 0 Å². The van der Waals surface area contributed by atoms with Crippen molar-refractivity contribution in [3.8, 4) is 0 Å². The zero-order valence-corrected chi connectivity index (χ0v) is 12.7. The van der Waals surface area contributed by atoms with Crippen LogP contribution in [0.15, 0.2) is 28.7 Å². The summed E-state index contributed by atoms with van der Waals surface area (Å²) in [5.41, 5.74) is 1.15. The predicted octanol–water partition coefficient (Wildman–Crippen LogP) is 1.92. The topological polar surface area (TPSA) is 59.0 Å². The van der Waals surface area contributed by atoms with E-state index in [1.165, 1.54) is 0 Å². The van der Waals surface area contributed by atoms with Gasteiger partial charge in [-0.1, -0.05) is 28.1 Å². The second-order valence-electron chi connectivity index (χ2n) is 4.66. The van der Waals surface area contributed by atoms with E-state index in [1.807, 2.05) is 12.1 Å². The Bertz CT molecular complexity index is 455. The van der Waals surface area contributed by atoms with E-state index in [0.717, 1.165) is 29.7 Å². The van der Waals surface area contributed by atoms with E-state index in [0.29, 0.717) is 13.2 Å². The predicted molar refractivity (Wildman–Crippen MR) is 77.7 cm³/mol. The Labute approximate surface area is 126 Å². The Hall–Kier alpha value is -0.950. The van der Waals surface area contributed by atoms with Crippen molar-refractivity contribution < 1.29 is 19.4 Å². The molecule has 1 aliphatic rings. The Morgan fingerprint density at radius 2 is 2.40 bits per heavy atom. The van der Waals surface area contributed by atoms with E-state index >= 15 is 0 Å². The van der Waals surface area contributed by atoms with Crippen LogP contribution in [0.5, 0.6) is 0 Å². The van der Waals surface area contributed by atoms with Gasteiger partial charge in [0.1, 0.15) is 6.61 Å². The fourth-order valence-electron chi connectivity index (χ4n) is 2.17. The number of rotatable bonds is 6. The minimum Gasteiger partial charge on any atom is -0.480 e. The first-order chi connectivity index (χ1) is 9.65. The van der Waals surface area contributed by atoms with Gasteiger partial charge in [-0.05, 0) is 17.7 Å². The molecule has 1 atom stereocenters. The van der Waals surface area contributed by atoms with E-state index in [1.54, 1.807) is 0 Å². The molecule has 1 saturated heterocycles. The molecule has 1 heterocycles. The average molecular weight is 344 g/mol. The summed E-state index contributed by atoms with van der Waals surface area (Å²) in [7, 11) is 0. The van der Waals surface area contributed by atoms with Crippen LogP contribution < -0.4 is 0 Å². The lowest BCUT2D eigenvalue weighted by Gasteiger charge is -2.33. The molecule has 110 valence electrons. The van der Waals surface area contributed by atoms with E-state index in [9.17, 15) is 4.79 Å². The molecule has 0 aromatic heterocycles. The molecule has 2 rings (SSSR count). The van der Waals surface area contributed by atoms with Crippen LogP contribution in [0.25, 0.3) is 0 Å². The number of carboxylic acid groups (broad SMARTS) is 1. The number of hydrogen-bond donors (Lipinski definition) is 1. The maximum absolute atomic E-state index is 10.4. The average Bonchev–Trinajstić information content (AvgIpc) is 2.44. The molecule has 1 aromatic rings. The van der Waals surface area contributed by atoms with Gasteiger partial charge < -0.3 is 14.6 Å². The third kappa shape index (κ3) is 4.86. The molecule has 0 aliphatic carbocycles. The third-order valence-electron chi connectivity index (χ3n) is 3.15. The summed E-state index contributed by atoms with van der Waals surface area (Å²) in [5.74, 6) is -0.931. The smallest absolute Gasteiger partial charge is 0.329 e. The van der Waals surface area contributed by atoms with Crippen molar-refractivity contribution in [2.45, 2.75) is 6.10 Å². The molecule has 0 amide bonds. The second-order valence-corrected chi connectivity index (χ2v) is 5.58. The van der Waals surface area contributed by atoms with Crippen molar-refractivity contribution >= 4 is 21.9 Å². The van der Waals surface area contributed by atoms with Gasteiger partial charge in [0.15, 0.2) is 0 Å². The van der Waals surface area contributed by atoms with E-state index < -0.39 is 5.97 Å². The van der Waals surface area contributed by atoms with Gasteiger partial charge in [-0.15, -0.1) is 0 Å². The first-order valence-electron chi connectivity index (χ1n) is 6.54. The number of morpholine rings is 1. The summed E-state index contributed by atoms with van der Waals surface area (Å²) >= 11 is 3.46. The van der Waals surface area contributed by atoms with E-state index in [-0.39, 0.29) is 12.7 Å². The van der Waals surface area contributed by atoms with Gasteiger partial charge >= 0.3 is 5.97 Å². The van der Waals surface area contributed by atoms with Crippen LogP contribution in [0.4, 0.5) is 0 Å². The summed E-state index contributed by atoms with van der Waals surface area (Å²) in [6, 6.07) is 8.11. The summed E-state index contributed by atoms with van der Waals surface area (Å²) in [4.78, 5) is 12.6. The standard InChI is InChI=1S/C14H18BrNO4/c15-12-3-1-2-11(8-12)13-9-16(5-7-20-13)4-6-19-10-14(17)18/h1-3,8,13H,4-7,9-10H2,(H,17,18). The summed E-state index contributed by atoms with van der Waals surface area (Å²) in [6.45, 7) is 3.24. The van der Waals surface area contributed by atoms with Gasteiger partial charge in [0.2, 0.25) is 0 Å². The normalized spacial score (nSPS) is 19.9. The zero-order valence-electron chi connectivity index (χ0n) is 11.1. The van der Waals surface area contributed by atoms with Crippen LogP contribution >= 0.6 is 15.9 Å². The highest BCUT2D eigenvalue weighted by molar-refractivity contribution is 9.10. The van der Waals surface area contributed by atoms with Crippen LogP contribution in [0.3, 0.4) is 0 Å². The van der Waals surface area contributed by atoms with Gasteiger partial charge in [0.05, 0.1) is 19.3 Å². The first kappa shape index (κ1) is 15.4. The molecule has 1 fully saturated rings. The number of hydrogen-bond acceptors (Lipinski definition) is 4. The lowest BCUT2D eigenvalue weighted by atomic mass is 10.1. The highest BCUT2D eigenvalue weighted by Gasteiger charge is 2.21. The Kier molecular flexibility index (Phi) is 5.97. The number of carboxylic acids is 1. The maximum Gasteiger partial charge on any atom is 0.329 e. The lowest BCUT2D eigenvalue weighted by Crippen LogP contribution is -2.40.